The summed E-state index contributed by atoms with van der Waals surface area (Å²) in [6.07, 6.45) is 2.51. The van der Waals surface area contributed by atoms with E-state index >= 15 is 0 Å². The topological polar surface area (TPSA) is 55.1 Å². The van der Waals surface area contributed by atoms with Gasteiger partial charge in [-0.05, 0) is 19.3 Å². The summed E-state index contributed by atoms with van der Waals surface area (Å²) in [4.78, 5) is 8.36. The van der Waals surface area contributed by atoms with Crippen molar-refractivity contribution in [2.75, 3.05) is 5.32 Å². The number of nitrogens with one attached hydrogen (secondary N) is 1. The van der Waals surface area contributed by atoms with Crippen LogP contribution in [0.1, 0.15) is 45.6 Å². The van der Waals surface area contributed by atoms with Gasteiger partial charge in [-0.1, -0.05) is 32.4 Å². The molecule has 2 heterocycles. The Hall–Kier alpha value is -1.36. The Bertz CT molecular complexity index is 549. The van der Waals surface area contributed by atoms with Crippen molar-refractivity contribution in [1.29, 1.82) is 0 Å². The molecule has 0 amide bonds. The van der Waals surface area contributed by atoms with E-state index < -0.39 is 0 Å². The Morgan fingerprint density at radius 1 is 1.39 bits per heavy atom. The van der Waals surface area contributed by atoms with Crippen LogP contribution in [0.15, 0.2) is 6.33 Å². The van der Waals surface area contributed by atoms with E-state index in [-0.39, 0.29) is 5.92 Å². The molecule has 0 saturated carbocycles. The van der Waals surface area contributed by atoms with Gasteiger partial charge in [0.1, 0.15) is 17.3 Å². The third kappa shape index (κ3) is 2.27. The summed E-state index contributed by atoms with van der Waals surface area (Å²) in [5.41, 5.74) is 0.981. The lowest BCUT2D eigenvalue weighted by Gasteiger charge is -2.19. The van der Waals surface area contributed by atoms with Gasteiger partial charge in [0.2, 0.25) is 0 Å². The van der Waals surface area contributed by atoms with Gasteiger partial charge in [-0.2, -0.15) is 19.6 Å². The number of fused-ring (bicyclic) bond motifs is 1. The van der Waals surface area contributed by atoms with Gasteiger partial charge in [-0.25, -0.2) is 0 Å². The zero-order valence-electron chi connectivity index (χ0n) is 11.1. The van der Waals surface area contributed by atoms with Crippen molar-refractivity contribution in [3.8, 4) is 0 Å². The number of rotatable bonds is 4. The normalized spacial score (nSPS) is 13.2. The average Bonchev–Trinajstić information content (AvgIpc) is 2.75. The molecule has 0 radical (unpaired) electrons. The quantitative estimate of drug-likeness (QED) is 0.865. The van der Waals surface area contributed by atoms with Gasteiger partial charge in [-0.3, -0.25) is 0 Å². The van der Waals surface area contributed by atoms with Crippen LogP contribution in [0.5, 0.6) is 0 Å². The van der Waals surface area contributed by atoms with Crippen LogP contribution in [-0.2, 0) is 0 Å². The first-order chi connectivity index (χ1) is 8.54. The number of halogens is 1. The molecule has 5 nitrogen and oxygen atoms in total. The molecule has 0 fully saturated rings. The predicted octanol–water partition coefficient (Wildman–Crippen LogP) is 3.11. The molecular weight excluding hydrogens is 250 g/mol. The summed E-state index contributed by atoms with van der Waals surface area (Å²) >= 11 is 6.25. The molecule has 18 heavy (non-hydrogen) atoms. The molecule has 1 N–H and O–H groups in total. The van der Waals surface area contributed by atoms with E-state index in [1.807, 2.05) is 0 Å². The van der Waals surface area contributed by atoms with E-state index in [2.05, 4.69) is 48.1 Å². The first-order valence-corrected chi connectivity index (χ1v) is 6.58. The molecule has 0 aliphatic carbocycles. The van der Waals surface area contributed by atoms with Crippen LogP contribution in [0.3, 0.4) is 0 Å². The fourth-order valence-corrected chi connectivity index (χ4v) is 2.20. The van der Waals surface area contributed by atoms with Crippen LogP contribution in [0.4, 0.5) is 5.82 Å². The predicted molar refractivity (Wildman–Crippen MR) is 73.3 cm³/mol. The molecule has 0 spiro atoms. The summed E-state index contributed by atoms with van der Waals surface area (Å²) in [6, 6.07) is 0.341. The molecular formula is C12H18ClN5. The summed E-state index contributed by atoms with van der Waals surface area (Å²) in [5, 5.41) is 8.16. The largest absolute Gasteiger partial charge is 0.367 e. The Morgan fingerprint density at radius 2 is 2.11 bits per heavy atom. The lowest BCUT2D eigenvalue weighted by Crippen LogP contribution is -2.19. The van der Waals surface area contributed by atoms with Crippen molar-refractivity contribution in [1.82, 2.24) is 19.6 Å². The molecule has 2 rings (SSSR count). The maximum atomic E-state index is 6.25. The molecule has 0 saturated heterocycles. The molecule has 98 valence electrons. The average molecular weight is 268 g/mol. The van der Waals surface area contributed by atoms with E-state index in [1.165, 1.54) is 6.33 Å². The van der Waals surface area contributed by atoms with Crippen molar-refractivity contribution in [2.24, 2.45) is 0 Å². The highest BCUT2D eigenvalue weighted by Gasteiger charge is 2.19. The number of anilines is 1. The van der Waals surface area contributed by atoms with Crippen LogP contribution in [0, 0.1) is 0 Å². The smallest absolute Gasteiger partial charge is 0.255 e. The van der Waals surface area contributed by atoms with Gasteiger partial charge < -0.3 is 5.32 Å². The van der Waals surface area contributed by atoms with Crippen molar-refractivity contribution >= 4 is 23.2 Å². The van der Waals surface area contributed by atoms with Gasteiger partial charge in [0, 0.05) is 11.6 Å². The second-order valence-corrected chi connectivity index (χ2v) is 5.10. The Balaban J connectivity index is 2.63. The summed E-state index contributed by atoms with van der Waals surface area (Å²) < 4.78 is 1.72. The fraction of sp³-hybridized carbons (Fsp3) is 0.583. The minimum absolute atomic E-state index is 0.269. The maximum absolute atomic E-state index is 6.25. The Morgan fingerprint density at radius 3 is 2.72 bits per heavy atom. The van der Waals surface area contributed by atoms with Gasteiger partial charge in [-0.15, -0.1) is 0 Å². The zero-order valence-corrected chi connectivity index (χ0v) is 11.9. The number of aromatic nitrogens is 4. The van der Waals surface area contributed by atoms with Crippen LogP contribution in [-0.4, -0.2) is 25.6 Å². The zero-order chi connectivity index (χ0) is 13.3. The van der Waals surface area contributed by atoms with Crippen molar-refractivity contribution in [3.63, 3.8) is 0 Å². The third-order valence-corrected chi connectivity index (χ3v) is 3.28. The van der Waals surface area contributed by atoms with E-state index in [1.54, 1.807) is 4.52 Å². The standard InChI is InChI=1S/C12H18ClN5/c1-5-8(4)16-11-9(7(2)3)10(13)17-12-14-6-15-18(11)12/h6-8,16H,5H2,1-4H3. The molecule has 0 aliphatic rings. The lowest BCUT2D eigenvalue weighted by molar-refractivity contribution is 0.735. The van der Waals surface area contributed by atoms with Gasteiger partial charge in [0.05, 0.1) is 0 Å². The molecule has 0 bridgehead atoms. The van der Waals surface area contributed by atoms with E-state index in [0.29, 0.717) is 17.0 Å². The van der Waals surface area contributed by atoms with E-state index in [0.717, 1.165) is 17.8 Å². The highest BCUT2D eigenvalue weighted by Crippen LogP contribution is 2.30. The number of hydrogen-bond donors (Lipinski definition) is 1. The maximum Gasteiger partial charge on any atom is 0.255 e. The van der Waals surface area contributed by atoms with Gasteiger partial charge in [0.25, 0.3) is 5.78 Å². The van der Waals surface area contributed by atoms with E-state index in [9.17, 15) is 0 Å². The Kier molecular flexibility index (Phi) is 3.71. The van der Waals surface area contributed by atoms with Crippen molar-refractivity contribution < 1.29 is 0 Å². The van der Waals surface area contributed by atoms with Crippen LogP contribution >= 0.6 is 11.6 Å². The molecule has 6 heteroatoms. The second kappa shape index (κ2) is 5.10. The molecule has 0 aromatic carbocycles. The summed E-state index contributed by atoms with van der Waals surface area (Å²) in [6.45, 7) is 8.44. The lowest BCUT2D eigenvalue weighted by atomic mass is 10.1. The molecule has 2 aromatic heterocycles. The highest BCUT2D eigenvalue weighted by molar-refractivity contribution is 6.30. The number of nitrogens with zero attached hydrogens (tertiary/aromatic N) is 4. The van der Waals surface area contributed by atoms with Crippen molar-refractivity contribution in [3.05, 3.63) is 17.0 Å². The molecule has 0 aliphatic heterocycles. The monoisotopic (exact) mass is 267 g/mol. The number of hydrogen-bond acceptors (Lipinski definition) is 4. The van der Waals surface area contributed by atoms with Gasteiger partial charge >= 0.3 is 0 Å². The minimum Gasteiger partial charge on any atom is -0.367 e. The first kappa shape index (κ1) is 13.1. The third-order valence-electron chi connectivity index (χ3n) is 2.99. The van der Waals surface area contributed by atoms with Crippen LogP contribution < -0.4 is 5.32 Å². The molecule has 2 aromatic rings. The van der Waals surface area contributed by atoms with Crippen LogP contribution in [0.2, 0.25) is 5.15 Å². The summed E-state index contributed by atoms with van der Waals surface area (Å²) in [7, 11) is 0. The first-order valence-electron chi connectivity index (χ1n) is 6.20. The second-order valence-electron chi connectivity index (χ2n) is 4.75. The summed E-state index contributed by atoms with van der Waals surface area (Å²) in [5.74, 6) is 1.69. The highest BCUT2D eigenvalue weighted by atomic mass is 35.5. The van der Waals surface area contributed by atoms with E-state index in [4.69, 9.17) is 11.6 Å². The molecule has 1 unspecified atom stereocenters. The van der Waals surface area contributed by atoms with Gasteiger partial charge in [0.15, 0.2) is 0 Å². The Labute approximate surface area is 112 Å². The molecule has 1 atom stereocenters. The minimum atomic E-state index is 0.269. The fourth-order valence-electron chi connectivity index (χ4n) is 1.82. The van der Waals surface area contributed by atoms with Crippen LogP contribution in [0.25, 0.3) is 5.78 Å². The SMILES string of the molecule is CCC(C)Nc1c(C(C)C)c(Cl)nc2ncnn12. The van der Waals surface area contributed by atoms with Crippen molar-refractivity contribution in [2.45, 2.75) is 46.1 Å².